The van der Waals surface area contributed by atoms with Crippen LogP contribution in [0.15, 0.2) is 29.3 Å². The number of likely N-dealkylation sites (tertiary alicyclic amines) is 1. The number of ether oxygens (including phenoxy) is 1. The first-order chi connectivity index (χ1) is 12.4. The molecule has 1 fully saturated rings. The van der Waals surface area contributed by atoms with Gasteiger partial charge in [-0.1, -0.05) is 26.0 Å². The first kappa shape index (κ1) is 23.5. The Bertz CT molecular complexity index is 631. The fourth-order valence-corrected chi connectivity index (χ4v) is 3.49. The van der Waals surface area contributed by atoms with Crippen LogP contribution in [0.4, 0.5) is 0 Å². The van der Waals surface area contributed by atoms with Crippen molar-refractivity contribution in [2.45, 2.75) is 38.5 Å². The van der Waals surface area contributed by atoms with Gasteiger partial charge in [-0.3, -0.25) is 9.79 Å². The van der Waals surface area contributed by atoms with Gasteiger partial charge in [0.25, 0.3) is 0 Å². The van der Waals surface area contributed by atoms with E-state index in [4.69, 9.17) is 10.5 Å². The van der Waals surface area contributed by atoms with E-state index >= 15 is 0 Å². The van der Waals surface area contributed by atoms with Gasteiger partial charge in [0.15, 0.2) is 5.96 Å². The molecule has 1 heterocycles. The van der Waals surface area contributed by atoms with E-state index in [1.165, 1.54) is 5.56 Å². The predicted octanol–water partition coefficient (Wildman–Crippen LogP) is 2.75. The molecule has 1 aromatic rings. The Morgan fingerprint density at radius 2 is 2.04 bits per heavy atom. The van der Waals surface area contributed by atoms with Gasteiger partial charge >= 0.3 is 0 Å². The number of carbonyl (C=O) groups excluding carboxylic acids is 1. The maximum absolute atomic E-state index is 11.2. The second-order valence-electron chi connectivity index (χ2n) is 7.64. The van der Waals surface area contributed by atoms with Crippen LogP contribution in [0, 0.1) is 5.92 Å². The molecule has 0 radical (unpaired) electrons. The largest absolute Gasteiger partial charge is 0.497 e. The number of primary amides is 1. The van der Waals surface area contributed by atoms with Crippen molar-refractivity contribution in [3.63, 3.8) is 0 Å². The third kappa shape index (κ3) is 6.86. The number of methoxy groups -OCH3 is 1. The Labute approximate surface area is 179 Å². The van der Waals surface area contributed by atoms with Gasteiger partial charge in [-0.2, -0.15) is 0 Å². The van der Waals surface area contributed by atoms with E-state index in [-0.39, 0.29) is 35.3 Å². The molecule has 0 saturated carbocycles. The van der Waals surface area contributed by atoms with Crippen LogP contribution in [0.2, 0.25) is 0 Å². The van der Waals surface area contributed by atoms with Crippen molar-refractivity contribution in [3.05, 3.63) is 29.8 Å². The lowest BCUT2D eigenvalue weighted by Gasteiger charge is -2.36. The minimum Gasteiger partial charge on any atom is -0.497 e. The molecule has 0 spiro atoms. The number of amides is 1. The Balaban J connectivity index is 0.00000364. The molecule has 1 saturated heterocycles. The highest BCUT2D eigenvalue weighted by molar-refractivity contribution is 14.0. The minimum absolute atomic E-state index is 0. The van der Waals surface area contributed by atoms with Crippen molar-refractivity contribution in [1.82, 2.24) is 10.2 Å². The highest BCUT2D eigenvalue weighted by Crippen LogP contribution is 2.25. The van der Waals surface area contributed by atoms with E-state index in [1.54, 1.807) is 14.2 Å². The van der Waals surface area contributed by atoms with Gasteiger partial charge in [-0.15, -0.1) is 24.0 Å². The van der Waals surface area contributed by atoms with Gasteiger partial charge in [0.1, 0.15) is 5.75 Å². The number of halogens is 1. The smallest absolute Gasteiger partial charge is 0.217 e. The van der Waals surface area contributed by atoms with Crippen LogP contribution in [0.5, 0.6) is 5.75 Å². The zero-order valence-corrected chi connectivity index (χ0v) is 19.2. The monoisotopic (exact) mass is 488 g/mol. The van der Waals surface area contributed by atoms with E-state index in [0.717, 1.165) is 44.2 Å². The lowest BCUT2D eigenvalue weighted by Crippen LogP contribution is -2.49. The molecule has 2 rings (SSSR count). The molecule has 1 atom stereocenters. The molecular formula is C20H33IN4O2. The number of piperidine rings is 1. The summed E-state index contributed by atoms with van der Waals surface area (Å²) in [6.45, 7) is 6.97. The number of guanidine groups is 1. The molecule has 7 heteroatoms. The maximum Gasteiger partial charge on any atom is 0.217 e. The van der Waals surface area contributed by atoms with Crippen LogP contribution in [-0.4, -0.2) is 50.6 Å². The number of hydrogen-bond donors (Lipinski definition) is 2. The number of nitrogens with one attached hydrogen (secondary N) is 1. The highest BCUT2D eigenvalue weighted by atomic mass is 127. The Morgan fingerprint density at radius 3 is 2.59 bits per heavy atom. The molecule has 152 valence electrons. The lowest BCUT2D eigenvalue weighted by atomic mass is 9.84. The summed E-state index contributed by atoms with van der Waals surface area (Å²) in [5.74, 6) is 1.85. The average Bonchev–Trinajstić information content (AvgIpc) is 2.62. The topological polar surface area (TPSA) is 80.0 Å². The zero-order chi connectivity index (χ0) is 19.2. The number of nitrogens with two attached hydrogens (primary N) is 1. The number of hydrogen-bond acceptors (Lipinski definition) is 3. The molecule has 1 aliphatic rings. The quantitative estimate of drug-likeness (QED) is 0.367. The summed E-state index contributed by atoms with van der Waals surface area (Å²) in [4.78, 5) is 17.9. The molecule has 1 amide bonds. The first-order valence-electron chi connectivity index (χ1n) is 9.24. The summed E-state index contributed by atoms with van der Waals surface area (Å²) in [6.07, 6.45) is 2.55. The van der Waals surface area contributed by atoms with E-state index in [1.807, 2.05) is 12.1 Å². The summed E-state index contributed by atoms with van der Waals surface area (Å²) in [5, 5.41) is 3.51. The Hall–Kier alpha value is -1.51. The van der Waals surface area contributed by atoms with Crippen LogP contribution in [0.3, 0.4) is 0 Å². The summed E-state index contributed by atoms with van der Waals surface area (Å²) in [6, 6.07) is 8.19. The van der Waals surface area contributed by atoms with Gasteiger partial charge in [0.05, 0.1) is 7.11 Å². The van der Waals surface area contributed by atoms with Gasteiger partial charge in [0.2, 0.25) is 5.91 Å². The van der Waals surface area contributed by atoms with Crippen molar-refractivity contribution in [1.29, 1.82) is 0 Å². The maximum atomic E-state index is 11.2. The van der Waals surface area contributed by atoms with Gasteiger partial charge in [-0.25, -0.2) is 0 Å². The van der Waals surface area contributed by atoms with Gasteiger partial charge in [0, 0.05) is 38.5 Å². The summed E-state index contributed by atoms with van der Waals surface area (Å²) in [5.41, 5.74) is 6.56. The van der Waals surface area contributed by atoms with E-state index < -0.39 is 0 Å². The van der Waals surface area contributed by atoms with Crippen molar-refractivity contribution in [2.24, 2.45) is 16.6 Å². The van der Waals surface area contributed by atoms with Crippen LogP contribution in [-0.2, 0) is 10.2 Å². The van der Waals surface area contributed by atoms with E-state index in [9.17, 15) is 4.79 Å². The second kappa shape index (κ2) is 10.7. The van der Waals surface area contributed by atoms with Crippen LogP contribution in [0.25, 0.3) is 0 Å². The molecular weight excluding hydrogens is 455 g/mol. The molecule has 27 heavy (non-hydrogen) atoms. The Kier molecular flexibility index (Phi) is 9.35. The predicted molar refractivity (Wildman–Crippen MR) is 121 cm³/mol. The normalized spacial score (nSPS) is 17.9. The molecule has 0 bridgehead atoms. The average molecular weight is 488 g/mol. The highest BCUT2D eigenvalue weighted by Gasteiger charge is 2.26. The first-order valence-corrected chi connectivity index (χ1v) is 9.24. The SMILES string of the molecule is CN=C(NCC(C)(C)c1ccc(OC)cc1)N1CCCC(CC(N)=O)C1.I. The lowest BCUT2D eigenvalue weighted by molar-refractivity contribution is -0.119. The molecule has 1 aromatic carbocycles. The van der Waals surface area contributed by atoms with E-state index in [2.05, 4.69) is 41.2 Å². The van der Waals surface area contributed by atoms with Crippen molar-refractivity contribution < 1.29 is 9.53 Å². The second-order valence-corrected chi connectivity index (χ2v) is 7.64. The fourth-order valence-electron chi connectivity index (χ4n) is 3.49. The van der Waals surface area contributed by atoms with Gasteiger partial charge < -0.3 is 20.7 Å². The van der Waals surface area contributed by atoms with Crippen LogP contribution < -0.4 is 15.8 Å². The molecule has 1 unspecified atom stereocenters. The van der Waals surface area contributed by atoms with Crippen molar-refractivity contribution >= 4 is 35.8 Å². The molecule has 6 nitrogen and oxygen atoms in total. The minimum atomic E-state index is -0.222. The molecule has 0 aromatic heterocycles. The van der Waals surface area contributed by atoms with Crippen molar-refractivity contribution in [2.75, 3.05) is 33.8 Å². The summed E-state index contributed by atoms with van der Waals surface area (Å²) < 4.78 is 5.24. The number of aliphatic imine (C=N–C) groups is 1. The summed E-state index contributed by atoms with van der Waals surface area (Å²) in [7, 11) is 3.48. The number of carbonyl (C=O) groups is 1. The molecule has 0 aliphatic carbocycles. The van der Waals surface area contributed by atoms with E-state index in [0.29, 0.717) is 12.3 Å². The van der Waals surface area contributed by atoms with Crippen molar-refractivity contribution in [3.8, 4) is 5.75 Å². The fraction of sp³-hybridized carbons (Fsp3) is 0.600. The molecule has 3 N–H and O–H groups in total. The van der Waals surface area contributed by atoms with Crippen LogP contribution >= 0.6 is 24.0 Å². The standard InChI is InChI=1S/C20H32N4O2.HI/c1-20(2,16-7-9-17(26-4)10-8-16)14-23-19(22-3)24-11-5-6-15(13-24)12-18(21)25;/h7-10,15H,5-6,11-14H2,1-4H3,(H2,21,25)(H,22,23);1H. The third-order valence-corrected chi connectivity index (χ3v) is 5.08. The zero-order valence-electron chi connectivity index (χ0n) is 16.8. The third-order valence-electron chi connectivity index (χ3n) is 5.08. The summed E-state index contributed by atoms with van der Waals surface area (Å²) >= 11 is 0. The number of rotatable bonds is 6. The number of nitrogens with zero attached hydrogens (tertiary/aromatic N) is 2. The van der Waals surface area contributed by atoms with Crippen LogP contribution in [0.1, 0.15) is 38.7 Å². The molecule has 1 aliphatic heterocycles. The Morgan fingerprint density at radius 1 is 1.37 bits per heavy atom. The van der Waals surface area contributed by atoms with Gasteiger partial charge in [-0.05, 0) is 36.5 Å². The number of benzene rings is 1.